The lowest BCUT2D eigenvalue weighted by molar-refractivity contribution is -0.149. The number of carbonyl (C=O) groups is 2. The topological polar surface area (TPSA) is 96.2 Å². The number of hydrogen-bond donors (Lipinski definition) is 2. The predicted octanol–water partition coefficient (Wildman–Crippen LogP) is 1.14. The number of hydrogen-bond acceptors (Lipinski definition) is 5. The summed E-state index contributed by atoms with van der Waals surface area (Å²) in [6.07, 6.45) is 3.03. The lowest BCUT2D eigenvalue weighted by Crippen LogP contribution is -2.47. The monoisotopic (exact) mass is 364 g/mol. The first-order chi connectivity index (χ1) is 12.6. The minimum absolute atomic E-state index is 0.0425. The third kappa shape index (κ3) is 6.09. The molecule has 26 heavy (non-hydrogen) atoms. The first-order valence-corrected chi connectivity index (χ1v) is 9.13. The van der Waals surface area contributed by atoms with E-state index in [1.54, 1.807) is 18.4 Å². The number of furan rings is 1. The van der Waals surface area contributed by atoms with Crippen molar-refractivity contribution in [2.45, 2.75) is 33.2 Å². The van der Waals surface area contributed by atoms with Gasteiger partial charge in [0, 0.05) is 19.6 Å². The lowest BCUT2D eigenvalue weighted by atomic mass is 9.97. The lowest BCUT2D eigenvalue weighted by Gasteiger charge is -2.33. The van der Waals surface area contributed by atoms with Crippen LogP contribution in [0.15, 0.2) is 27.8 Å². The van der Waals surface area contributed by atoms with Crippen LogP contribution in [-0.2, 0) is 20.9 Å². The van der Waals surface area contributed by atoms with Crippen LogP contribution in [-0.4, -0.2) is 55.5 Å². The highest BCUT2D eigenvalue weighted by Gasteiger charge is 2.27. The Balaban J connectivity index is 1.82. The molecule has 0 unspecified atom stereocenters. The number of nitrogens with zero attached hydrogens (tertiary/aromatic N) is 2. The molecule has 0 saturated carbocycles. The molecule has 2 N–H and O–H groups in total. The van der Waals surface area contributed by atoms with Crippen molar-refractivity contribution in [3.05, 3.63) is 24.2 Å². The summed E-state index contributed by atoms with van der Waals surface area (Å²) in [4.78, 5) is 30.3. The van der Waals surface area contributed by atoms with E-state index in [1.807, 2.05) is 13.8 Å². The van der Waals surface area contributed by atoms with Crippen LogP contribution >= 0.6 is 0 Å². The molecule has 0 spiro atoms. The fourth-order valence-electron chi connectivity index (χ4n) is 2.81. The second-order valence-corrected chi connectivity index (χ2v) is 6.04. The zero-order valence-corrected chi connectivity index (χ0v) is 15.5. The fourth-order valence-corrected chi connectivity index (χ4v) is 2.81. The van der Waals surface area contributed by atoms with Crippen molar-refractivity contribution in [3.8, 4) is 0 Å². The summed E-state index contributed by atoms with van der Waals surface area (Å²) in [5.74, 6) is 1.06. The van der Waals surface area contributed by atoms with Crippen LogP contribution in [0.2, 0.25) is 0 Å². The molecule has 2 rings (SSSR count). The summed E-state index contributed by atoms with van der Waals surface area (Å²) >= 11 is 0. The third-order valence-corrected chi connectivity index (χ3v) is 4.16. The van der Waals surface area contributed by atoms with E-state index in [0.717, 1.165) is 12.8 Å². The van der Waals surface area contributed by atoms with Gasteiger partial charge in [0.2, 0.25) is 5.91 Å². The van der Waals surface area contributed by atoms with Gasteiger partial charge in [0.15, 0.2) is 5.96 Å². The van der Waals surface area contributed by atoms with Crippen molar-refractivity contribution in [1.29, 1.82) is 0 Å². The number of piperidine rings is 1. The standard InChI is InChI=1S/C18H28N4O4/c1-3-19-18(21-13-16(23)20-12-15-6-5-11-26-15)22-9-7-14(8-10-22)17(24)25-4-2/h5-6,11,14H,3-4,7-10,12-13H2,1-2H3,(H,19,21)(H,20,23). The van der Waals surface area contributed by atoms with Gasteiger partial charge in [0.05, 0.1) is 25.3 Å². The highest BCUT2D eigenvalue weighted by molar-refractivity contribution is 5.85. The number of aliphatic imine (C=N–C) groups is 1. The zero-order valence-electron chi connectivity index (χ0n) is 15.5. The van der Waals surface area contributed by atoms with Crippen LogP contribution in [0.25, 0.3) is 0 Å². The molecule has 1 amide bonds. The summed E-state index contributed by atoms with van der Waals surface area (Å²) in [5, 5.41) is 5.98. The minimum Gasteiger partial charge on any atom is -0.467 e. The van der Waals surface area contributed by atoms with Gasteiger partial charge >= 0.3 is 5.97 Å². The maximum absolute atomic E-state index is 12.0. The van der Waals surface area contributed by atoms with E-state index < -0.39 is 0 Å². The number of ether oxygens (including phenoxy) is 1. The number of carbonyl (C=O) groups excluding carboxylic acids is 2. The smallest absolute Gasteiger partial charge is 0.309 e. The summed E-state index contributed by atoms with van der Waals surface area (Å²) in [6.45, 7) is 6.75. The number of nitrogens with one attached hydrogen (secondary N) is 2. The van der Waals surface area contributed by atoms with Crippen molar-refractivity contribution >= 4 is 17.8 Å². The molecule has 0 aliphatic carbocycles. The van der Waals surface area contributed by atoms with Gasteiger partial charge in [-0.1, -0.05) is 0 Å². The Hall–Kier alpha value is -2.51. The van der Waals surface area contributed by atoms with Crippen LogP contribution in [0.3, 0.4) is 0 Å². The van der Waals surface area contributed by atoms with Crippen molar-refractivity contribution in [2.75, 3.05) is 32.8 Å². The highest BCUT2D eigenvalue weighted by Crippen LogP contribution is 2.18. The number of guanidine groups is 1. The van der Waals surface area contributed by atoms with Gasteiger partial charge in [0.1, 0.15) is 12.3 Å². The molecule has 8 heteroatoms. The Bertz CT molecular complexity index is 592. The summed E-state index contributed by atoms with van der Waals surface area (Å²) in [7, 11) is 0. The van der Waals surface area contributed by atoms with Gasteiger partial charge < -0.3 is 24.7 Å². The van der Waals surface area contributed by atoms with Crippen molar-refractivity contribution in [3.63, 3.8) is 0 Å². The summed E-state index contributed by atoms with van der Waals surface area (Å²) in [5.41, 5.74) is 0. The van der Waals surface area contributed by atoms with Crippen molar-refractivity contribution in [2.24, 2.45) is 10.9 Å². The van der Waals surface area contributed by atoms with Gasteiger partial charge in [-0.05, 0) is 38.8 Å². The molecular formula is C18H28N4O4. The SMILES string of the molecule is CCNC(=NCC(=O)NCc1ccco1)N1CCC(C(=O)OCC)CC1. The molecule has 1 saturated heterocycles. The summed E-state index contributed by atoms with van der Waals surface area (Å²) < 4.78 is 10.3. The van der Waals surface area contributed by atoms with E-state index in [-0.39, 0.29) is 24.3 Å². The van der Waals surface area contributed by atoms with E-state index in [4.69, 9.17) is 9.15 Å². The van der Waals surface area contributed by atoms with Gasteiger partial charge in [-0.15, -0.1) is 0 Å². The number of amides is 1. The molecule has 144 valence electrons. The number of esters is 1. The van der Waals surface area contributed by atoms with Crippen LogP contribution < -0.4 is 10.6 Å². The van der Waals surface area contributed by atoms with Crippen LogP contribution in [0.4, 0.5) is 0 Å². The minimum atomic E-state index is -0.168. The summed E-state index contributed by atoms with van der Waals surface area (Å²) in [6, 6.07) is 3.59. The largest absolute Gasteiger partial charge is 0.467 e. The van der Waals surface area contributed by atoms with E-state index in [0.29, 0.717) is 44.5 Å². The number of rotatable bonds is 7. The molecule has 8 nitrogen and oxygen atoms in total. The van der Waals surface area contributed by atoms with Crippen molar-refractivity contribution < 1.29 is 18.7 Å². The molecule has 1 aliphatic rings. The van der Waals surface area contributed by atoms with E-state index in [1.165, 1.54) is 0 Å². The normalized spacial score (nSPS) is 15.6. The Morgan fingerprint density at radius 2 is 2.08 bits per heavy atom. The second-order valence-electron chi connectivity index (χ2n) is 6.04. The molecule has 0 bridgehead atoms. The maximum atomic E-state index is 12.0. The molecule has 0 radical (unpaired) electrons. The maximum Gasteiger partial charge on any atom is 0.309 e. The van der Waals surface area contributed by atoms with Crippen LogP contribution in [0.1, 0.15) is 32.4 Å². The van der Waals surface area contributed by atoms with E-state index in [2.05, 4.69) is 20.5 Å². The van der Waals surface area contributed by atoms with Gasteiger partial charge in [-0.2, -0.15) is 0 Å². The van der Waals surface area contributed by atoms with Crippen molar-refractivity contribution in [1.82, 2.24) is 15.5 Å². The molecular weight excluding hydrogens is 336 g/mol. The highest BCUT2D eigenvalue weighted by atomic mass is 16.5. The molecule has 0 aromatic carbocycles. The average molecular weight is 364 g/mol. The first-order valence-electron chi connectivity index (χ1n) is 9.13. The zero-order chi connectivity index (χ0) is 18.8. The first kappa shape index (κ1) is 19.8. The molecule has 1 aliphatic heterocycles. The average Bonchev–Trinajstić information content (AvgIpc) is 3.17. The van der Waals surface area contributed by atoms with Crippen LogP contribution in [0.5, 0.6) is 0 Å². The second kappa shape index (κ2) is 10.5. The third-order valence-electron chi connectivity index (χ3n) is 4.16. The fraction of sp³-hybridized carbons (Fsp3) is 0.611. The molecule has 1 fully saturated rings. The van der Waals surface area contributed by atoms with Gasteiger partial charge in [-0.25, -0.2) is 4.99 Å². The Kier molecular flexibility index (Phi) is 7.98. The molecule has 1 aromatic heterocycles. The quantitative estimate of drug-likeness (QED) is 0.428. The molecule has 1 aromatic rings. The molecule has 0 atom stereocenters. The Morgan fingerprint density at radius 1 is 1.31 bits per heavy atom. The predicted molar refractivity (Wildman–Crippen MR) is 97.5 cm³/mol. The number of likely N-dealkylation sites (tertiary alicyclic amines) is 1. The van der Waals surface area contributed by atoms with Crippen LogP contribution in [0, 0.1) is 5.92 Å². The Labute approximate surface area is 154 Å². The van der Waals surface area contributed by atoms with E-state index >= 15 is 0 Å². The molecule has 2 heterocycles. The van der Waals surface area contributed by atoms with E-state index in [9.17, 15) is 9.59 Å². The Morgan fingerprint density at radius 3 is 2.69 bits per heavy atom. The van der Waals surface area contributed by atoms with Gasteiger partial charge in [-0.3, -0.25) is 9.59 Å². The van der Waals surface area contributed by atoms with Gasteiger partial charge in [0.25, 0.3) is 0 Å².